The van der Waals surface area contributed by atoms with Crippen molar-refractivity contribution in [3.63, 3.8) is 0 Å². The summed E-state index contributed by atoms with van der Waals surface area (Å²) in [7, 11) is -0.461. The van der Waals surface area contributed by atoms with Crippen LogP contribution in [0, 0.1) is 16.0 Å². The number of benzene rings is 1. The van der Waals surface area contributed by atoms with Gasteiger partial charge in [-0.2, -0.15) is 17.0 Å². The van der Waals surface area contributed by atoms with Gasteiger partial charge in [0.15, 0.2) is 0 Å². The molecule has 2 aliphatic rings. The van der Waals surface area contributed by atoms with Crippen LogP contribution >= 0.6 is 0 Å². The molecule has 0 spiro atoms. The average molecular weight is 426 g/mol. The van der Waals surface area contributed by atoms with E-state index in [1.165, 1.54) is 28.8 Å². The van der Waals surface area contributed by atoms with Gasteiger partial charge in [0.25, 0.3) is 15.9 Å². The van der Waals surface area contributed by atoms with E-state index in [1.54, 1.807) is 23.1 Å². The summed E-state index contributed by atoms with van der Waals surface area (Å²) in [4.78, 5) is 27.5. The molecule has 2 fully saturated rings. The van der Waals surface area contributed by atoms with Crippen molar-refractivity contribution in [3.05, 3.63) is 34.4 Å². The minimum absolute atomic E-state index is 0.0501. The summed E-state index contributed by atoms with van der Waals surface area (Å²) in [5.41, 5.74) is 0.668. The molecule has 2 saturated heterocycles. The summed E-state index contributed by atoms with van der Waals surface area (Å²) in [6.07, 6.45) is 1.25. The Morgan fingerprint density at radius 1 is 1.07 bits per heavy atom. The van der Waals surface area contributed by atoms with Crippen LogP contribution in [0.5, 0.6) is 0 Å². The number of nitro groups is 1. The number of carbonyl (C=O) groups excluding carboxylic acids is 1. The van der Waals surface area contributed by atoms with Crippen molar-refractivity contribution in [1.29, 1.82) is 0 Å². The number of anilines is 1. The van der Waals surface area contributed by atoms with Crippen molar-refractivity contribution in [2.24, 2.45) is 5.92 Å². The molecule has 0 atom stereocenters. The van der Waals surface area contributed by atoms with Crippen molar-refractivity contribution < 1.29 is 18.1 Å². The third-order valence-electron chi connectivity index (χ3n) is 5.60. The highest BCUT2D eigenvalue weighted by Gasteiger charge is 2.34. The first-order valence-electron chi connectivity index (χ1n) is 9.66. The minimum atomic E-state index is -3.46. The van der Waals surface area contributed by atoms with E-state index in [1.807, 2.05) is 4.90 Å². The maximum Gasteiger partial charge on any atom is 0.292 e. The highest BCUT2D eigenvalue weighted by atomic mass is 32.2. The molecule has 29 heavy (non-hydrogen) atoms. The van der Waals surface area contributed by atoms with E-state index in [2.05, 4.69) is 0 Å². The van der Waals surface area contributed by atoms with Gasteiger partial charge in [0.05, 0.1) is 4.92 Å². The largest absolute Gasteiger partial charge is 0.366 e. The van der Waals surface area contributed by atoms with Crippen LogP contribution in [0.3, 0.4) is 0 Å². The molecule has 0 aromatic heterocycles. The van der Waals surface area contributed by atoms with E-state index in [4.69, 9.17) is 0 Å². The van der Waals surface area contributed by atoms with Gasteiger partial charge in [-0.1, -0.05) is 12.1 Å². The molecule has 0 aliphatic carbocycles. The van der Waals surface area contributed by atoms with Crippen molar-refractivity contribution in [2.75, 3.05) is 58.3 Å². The molecule has 0 unspecified atom stereocenters. The van der Waals surface area contributed by atoms with Crippen molar-refractivity contribution >= 4 is 27.5 Å². The van der Waals surface area contributed by atoms with Crippen LogP contribution in [0.25, 0.3) is 0 Å². The predicted molar refractivity (Wildman–Crippen MR) is 109 cm³/mol. The second kappa shape index (κ2) is 8.64. The molecule has 2 aliphatic heterocycles. The molecule has 0 saturated carbocycles. The maximum atomic E-state index is 12.9. The van der Waals surface area contributed by atoms with Gasteiger partial charge in [-0.15, -0.1) is 0 Å². The van der Waals surface area contributed by atoms with Gasteiger partial charge in [0.2, 0.25) is 5.91 Å². The van der Waals surface area contributed by atoms with Gasteiger partial charge in [0, 0.05) is 65.3 Å². The first-order valence-corrected chi connectivity index (χ1v) is 11.1. The number of hydrogen-bond donors (Lipinski definition) is 0. The number of rotatable bonds is 5. The van der Waals surface area contributed by atoms with Crippen molar-refractivity contribution in [2.45, 2.75) is 12.8 Å². The van der Waals surface area contributed by atoms with Gasteiger partial charge in [-0.05, 0) is 18.9 Å². The van der Waals surface area contributed by atoms with Crippen LogP contribution in [-0.4, -0.2) is 86.1 Å². The predicted octanol–water partition coefficient (Wildman–Crippen LogP) is 0.762. The molecule has 0 N–H and O–H groups in total. The summed E-state index contributed by atoms with van der Waals surface area (Å²) in [6.45, 7) is 2.52. The third-order valence-corrected chi connectivity index (χ3v) is 7.54. The first-order chi connectivity index (χ1) is 13.7. The van der Waals surface area contributed by atoms with Crippen molar-refractivity contribution in [3.8, 4) is 0 Å². The molecule has 2 heterocycles. The van der Waals surface area contributed by atoms with E-state index in [9.17, 15) is 23.3 Å². The van der Waals surface area contributed by atoms with Crippen LogP contribution in [0.2, 0.25) is 0 Å². The van der Waals surface area contributed by atoms with Crippen LogP contribution in [0.4, 0.5) is 11.4 Å². The van der Waals surface area contributed by atoms with E-state index in [-0.39, 0.29) is 22.4 Å². The first kappa shape index (κ1) is 21.5. The van der Waals surface area contributed by atoms with E-state index < -0.39 is 10.2 Å². The van der Waals surface area contributed by atoms with Crippen LogP contribution < -0.4 is 4.90 Å². The maximum absolute atomic E-state index is 12.9. The summed E-state index contributed by atoms with van der Waals surface area (Å²) in [6, 6.07) is 6.66. The number of hydrogen-bond acceptors (Lipinski definition) is 6. The van der Waals surface area contributed by atoms with Gasteiger partial charge >= 0.3 is 0 Å². The van der Waals surface area contributed by atoms with Crippen molar-refractivity contribution in [1.82, 2.24) is 13.5 Å². The Morgan fingerprint density at radius 2 is 1.66 bits per heavy atom. The third kappa shape index (κ3) is 4.51. The average Bonchev–Trinajstić information content (AvgIpc) is 2.73. The summed E-state index contributed by atoms with van der Waals surface area (Å²) in [5.74, 6) is -0.0832. The molecular formula is C18H27N5O5S. The SMILES string of the molecule is CN(C)S(=O)(=O)N1CCN(C(=O)C2CCN(c3ccccc3[N+](=O)[O-])CC2)CC1. The molecule has 1 aromatic rings. The van der Waals surface area contributed by atoms with E-state index >= 15 is 0 Å². The van der Waals surface area contributed by atoms with Gasteiger partial charge < -0.3 is 9.80 Å². The highest BCUT2D eigenvalue weighted by molar-refractivity contribution is 7.86. The van der Waals surface area contributed by atoms with Gasteiger partial charge in [-0.3, -0.25) is 14.9 Å². The smallest absolute Gasteiger partial charge is 0.292 e. The van der Waals surface area contributed by atoms with Gasteiger partial charge in [-0.25, -0.2) is 0 Å². The normalized spacial score (nSPS) is 19.6. The lowest BCUT2D eigenvalue weighted by Gasteiger charge is -2.39. The summed E-state index contributed by atoms with van der Waals surface area (Å²) >= 11 is 0. The fraction of sp³-hybridized carbons (Fsp3) is 0.611. The molecule has 0 bridgehead atoms. The lowest BCUT2D eigenvalue weighted by Crippen LogP contribution is -2.54. The number of amides is 1. The number of para-hydroxylation sites is 2. The summed E-state index contributed by atoms with van der Waals surface area (Å²) in [5, 5.41) is 11.3. The molecule has 1 amide bonds. The number of nitro benzene ring substituents is 1. The number of piperazine rings is 1. The zero-order chi connectivity index (χ0) is 21.2. The van der Waals surface area contributed by atoms with Crippen LogP contribution in [0.15, 0.2) is 24.3 Å². The number of carbonyl (C=O) groups is 1. The summed E-state index contributed by atoms with van der Waals surface area (Å²) < 4.78 is 27.0. The van der Waals surface area contributed by atoms with Crippen LogP contribution in [-0.2, 0) is 15.0 Å². The Kier molecular flexibility index (Phi) is 6.39. The standard InChI is InChI=1S/C18H27N5O5S/c1-19(2)29(27,28)22-13-11-21(12-14-22)18(24)15-7-9-20(10-8-15)16-5-3-4-6-17(16)23(25)26/h3-6,15H,7-14H2,1-2H3. The van der Waals surface area contributed by atoms with E-state index in [0.29, 0.717) is 57.8 Å². The Morgan fingerprint density at radius 3 is 2.21 bits per heavy atom. The molecule has 10 nitrogen and oxygen atoms in total. The quantitative estimate of drug-likeness (QED) is 0.509. The second-order valence-corrected chi connectivity index (χ2v) is 9.66. The fourth-order valence-electron chi connectivity index (χ4n) is 3.88. The Bertz CT molecular complexity index is 859. The minimum Gasteiger partial charge on any atom is -0.366 e. The van der Waals surface area contributed by atoms with E-state index in [0.717, 1.165) is 0 Å². The Labute approximate surface area is 171 Å². The zero-order valence-electron chi connectivity index (χ0n) is 16.7. The molecule has 0 radical (unpaired) electrons. The lowest BCUT2D eigenvalue weighted by molar-refractivity contribution is -0.384. The molecule has 160 valence electrons. The highest BCUT2D eigenvalue weighted by Crippen LogP contribution is 2.31. The lowest BCUT2D eigenvalue weighted by atomic mass is 9.94. The molecule has 11 heteroatoms. The number of piperidine rings is 1. The molecule has 3 rings (SSSR count). The van der Waals surface area contributed by atoms with Crippen LogP contribution in [0.1, 0.15) is 12.8 Å². The fourth-order valence-corrected chi connectivity index (χ4v) is 4.97. The molecular weight excluding hydrogens is 398 g/mol. The topological polar surface area (TPSA) is 107 Å². The number of nitrogens with zero attached hydrogens (tertiary/aromatic N) is 5. The molecule has 1 aromatic carbocycles. The Hall–Kier alpha value is -2.24. The Balaban J connectivity index is 1.56. The monoisotopic (exact) mass is 425 g/mol. The second-order valence-electron chi connectivity index (χ2n) is 7.52. The van der Waals surface area contributed by atoms with Gasteiger partial charge in [0.1, 0.15) is 5.69 Å². The zero-order valence-corrected chi connectivity index (χ0v) is 17.5.